The molecule has 8 heavy (non-hydrogen) atoms. The Morgan fingerprint density at radius 1 is 1.75 bits per heavy atom. The molecule has 0 amide bonds. The standard InChI is InChI=1S/C5H7N.Al.O.H/c1-2-3-4-5-6;;;/h2H,1,3-4H2;;;. The normalized spacial score (nSPS) is 5.25. The Labute approximate surface area is 57.4 Å². The van der Waals surface area contributed by atoms with E-state index in [2.05, 4.69) is 6.58 Å². The second kappa shape index (κ2) is 16.0. The number of rotatable bonds is 2. The molecule has 0 spiro atoms. The van der Waals surface area contributed by atoms with Crippen LogP contribution in [0.1, 0.15) is 12.8 Å². The van der Waals surface area contributed by atoms with Gasteiger partial charge >= 0.3 is 20.0 Å². The fraction of sp³-hybridized carbons (Fsp3) is 0.400. The van der Waals surface area contributed by atoms with E-state index >= 15 is 0 Å². The van der Waals surface area contributed by atoms with E-state index in [9.17, 15) is 0 Å². The Hall–Kier alpha value is -0.438. The molecule has 3 heteroatoms. The van der Waals surface area contributed by atoms with Gasteiger partial charge in [-0.15, -0.1) is 6.58 Å². The van der Waals surface area contributed by atoms with Gasteiger partial charge in [0.2, 0.25) is 0 Å². The van der Waals surface area contributed by atoms with Crippen LogP contribution in [0.15, 0.2) is 12.7 Å². The van der Waals surface area contributed by atoms with Crippen molar-refractivity contribution in [3.63, 3.8) is 0 Å². The SMILES string of the molecule is C=CCCC#N.[O]=[AlH]. The number of hydrogen-bond donors (Lipinski definition) is 0. The van der Waals surface area contributed by atoms with E-state index in [1.807, 2.05) is 6.07 Å². The molecule has 0 N–H and O–H groups in total. The van der Waals surface area contributed by atoms with Gasteiger partial charge in [-0.3, -0.25) is 0 Å². The summed E-state index contributed by atoms with van der Waals surface area (Å²) >= 11 is 0.611. The predicted octanol–water partition coefficient (Wildman–Crippen LogP) is 0.709. The van der Waals surface area contributed by atoms with Crippen LogP contribution >= 0.6 is 0 Å². The third kappa shape index (κ3) is 17.6. The molecule has 0 fully saturated rings. The topological polar surface area (TPSA) is 40.9 Å². The molecule has 0 aliphatic heterocycles. The van der Waals surface area contributed by atoms with Gasteiger partial charge in [-0.1, -0.05) is 6.08 Å². The van der Waals surface area contributed by atoms with Gasteiger partial charge in [-0.25, -0.2) is 0 Å². The molecule has 0 saturated heterocycles. The molecule has 0 unspecified atom stereocenters. The van der Waals surface area contributed by atoms with E-state index in [0.29, 0.717) is 22.6 Å². The van der Waals surface area contributed by atoms with Gasteiger partial charge in [0.1, 0.15) is 0 Å². The number of allylic oxidation sites excluding steroid dienone is 1. The van der Waals surface area contributed by atoms with E-state index in [1.54, 1.807) is 6.08 Å². The summed E-state index contributed by atoms with van der Waals surface area (Å²) in [4.78, 5) is 0. The van der Waals surface area contributed by atoms with Gasteiger partial charge in [-0.05, 0) is 6.42 Å². The molecule has 0 aromatic rings. The molecule has 0 rings (SSSR count). The molecule has 0 aromatic carbocycles. The van der Waals surface area contributed by atoms with Crippen LogP contribution in [0, 0.1) is 11.3 Å². The van der Waals surface area contributed by atoms with Crippen LogP contribution in [0.25, 0.3) is 0 Å². The molecule has 42 valence electrons. The summed E-state index contributed by atoms with van der Waals surface area (Å²) in [6.45, 7) is 3.45. The third-order valence-corrected chi connectivity index (χ3v) is 0.460. The van der Waals surface area contributed by atoms with Crippen LogP contribution in [0.3, 0.4) is 0 Å². The second-order valence-corrected chi connectivity index (χ2v) is 0.985. The number of hydrogen-bond acceptors (Lipinski definition) is 2. The van der Waals surface area contributed by atoms with Crippen LogP contribution in [0.2, 0.25) is 0 Å². The van der Waals surface area contributed by atoms with E-state index < -0.39 is 0 Å². The Kier molecular flexibility index (Phi) is 21.1. The zero-order valence-corrected chi connectivity index (χ0v) is 6.18. The molecule has 0 radical (unpaired) electrons. The maximum absolute atomic E-state index is 8.28. The van der Waals surface area contributed by atoms with Crippen molar-refractivity contribution >= 4 is 16.2 Å². The zero-order valence-electron chi connectivity index (χ0n) is 4.76. The average molecular weight is 125 g/mol. The number of nitrogens with zero attached hydrogens (tertiary/aromatic N) is 1. The van der Waals surface area contributed by atoms with Crippen LogP contribution in [-0.2, 0) is 3.80 Å². The molecule has 0 saturated carbocycles. The monoisotopic (exact) mass is 125 g/mol. The van der Waals surface area contributed by atoms with Crippen LogP contribution < -0.4 is 0 Å². The summed E-state index contributed by atoms with van der Waals surface area (Å²) in [6, 6.07) is 2.00. The van der Waals surface area contributed by atoms with E-state index in [1.165, 1.54) is 0 Å². The Bertz CT molecular complexity index is 86.9. The Morgan fingerprint density at radius 2 is 2.25 bits per heavy atom. The van der Waals surface area contributed by atoms with Crippen molar-refractivity contribution in [3.05, 3.63) is 12.7 Å². The number of unbranched alkanes of at least 4 members (excludes halogenated alkanes) is 1. The van der Waals surface area contributed by atoms with Crippen molar-refractivity contribution in [3.8, 4) is 6.07 Å². The zero-order chi connectivity index (χ0) is 6.83. The summed E-state index contributed by atoms with van der Waals surface area (Å²) in [6.07, 6.45) is 3.16. The first-order chi connectivity index (χ1) is 3.91. The summed E-state index contributed by atoms with van der Waals surface area (Å²) in [7, 11) is 0. The third-order valence-electron chi connectivity index (χ3n) is 0.460. The Morgan fingerprint density at radius 3 is 2.38 bits per heavy atom. The first kappa shape index (κ1) is 10.5. The van der Waals surface area contributed by atoms with Gasteiger partial charge in [0.15, 0.2) is 0 Å². The van der Waals surface area contributed by atoms with Crippen LogP contribution in [-0.4, -0.2) is 16.2 Å². The van der Waals surface area contributed by atoms with Gasteiger partial charge in [0, 0.05) is 6.42 Å². The van der Waals surface area contributed by atoms with Gasteiger partial charge in [0.05, 0.1) is 6.07 Å². The fourth-order valence-corrected chi connectivity index (χ4v) is 0.167. The van der Waals surface area contributed by atoms with Crippen molar-refractivity contribution in [1.29, 1.82) is 5.26 Å². The first-order valence-corrected chi connectivity index (χ1v) is 2.76. The minimum atomic E-state index is 0.601. The van der Waals surface area contributed by atoms with E-state index in [0.717, 1.165) is 6.42 Å². The molecular formula is C5H8AlNO. The molecule has 0 atom stereocenters. The van der Waals surface area contributed by atoms with Crippen molar-refractivity contribution in [2.45, 2.75) is 12.8 Å². The summed E-state index contributed by atoms with van der Waals surface area (Å²) < 4.78 is 8.28. The van der Waals surface area contributed by atoms with Gasteiger partial charge in [-0.2, -0.15) is 5.26 Å². The average Bonchev–Trinajstić information content (AvgIpc) is 1.88. The second-order valence-electron chi connectivity index (χ2n) is 0.985. The summed E-state index contributed by atoms with van der Waals surface area (Å²) in [5.41, 5.74) is 0. The molecular weight excluding hydrogens is 117 g/mol. The summed E-state index contributed by atoms with van der Waals surface area (Å²) in [5.74, 6) is 0. The molecule has 0 aliphatic carbocycles. The molecule has 0 aromatic heterocycles. The Balaban J connectivity index is 0. The quantitative estimate of drug-likeness (QED) is 0.310. The molecule has 0 aliphatic rings. The van der Waals surface area contributed by atoms with E-state index in [4.69, 9.17) is 9.07 Å². The van der Waals surface area contributed by atoms with E-state index in [-0.39, 0.29) is 0 Å². The van der Waals surface area contributed by atoms with Crippen molar-refractivity contribution in [2.75, 3.05) is 0 Å². The van der Waals surface area contributed by atoms with Crippen LogP contribution in [0.4, 0.5) is 0 Å². The van der Waals surface area contributed by atoms with Crippen molar-refractivity contribution in [2.24, 2.45) is 0 Å². The fourth-order valence-electron chi connectivity index (χ4n) is 0.167. The first-order valence-electron chi connectivity index (χ1n) is 2.18. The predicted molar refractivity (Wildman–Crippen MR) is 32.9 cm³/mol. The van der Waals surface area contributed by atoms with Crippen molar-refractivity contribution in [1.82, 2.24) is 0 Å². The molecule has 2 nitrogen and oxygen atoms in total. The van der Waals surface area contributed by atoms with Crippen molar-refractivity contribution < 1.29 is 3.80 Å². The van der Waals surface area contributed by atoms with Gasteiger partial charge in [0.25, 0.3) is 0 Å². The number of nitriles is 1. The molecule has 0 bridgehead atoms. The van der Waals surface area contributed by atoms with Crippen LogP contribution in [0.5, 0.6) is 0 Å². The minimum absolute atomic E-state index is 0.601. The molecule has 0 heterocycles. The van der Waals surface area contributed by atoms with Gasteiger partial charge < -0.3 is 0 Å². The summed E-state index contributed by atoms with van der Waals surface area (Å²) in [5, 5.41) is 7.90. The maximum atomic E-state index is 8.28.